The number of nitrogen functional groups attached to an aromatic ring is 1. The van der Waals surface area contributed by atoms with E-state index in [0.717, 1.165) is 58.7 Å². The normalized spacial score (nSPS) is 18.9. The van der Waals surface area contributed by atoms with Gasteiger partial charge in [-0.1, -0.05) is 6.92 Å². The van der Waals surface area contributed by atoms with Gasteiger partial charge in [-0.2, -0.15) is 5.10 Å². The van der Waals surface area contributed by atoms with Gasteiger partial charge >= 0.3 is 0 Å². The number of hydrogen-bond donors (Lipinski definition) is 1. The van der Waals surface area contributed by atoms with E-state index in [1.165, 1.54) is 12.8 Å². The molecule has 180 valence electrons. The van der Waals surface area contributed by atoms with Crippen molar-refractivity contribution in [2.24, 2.45) is 5.92 Å². The first-order chi connectivity index (χ1) is 16.3. The summed E-state index contributed by atoms with van der Waals surface area (Å²) in [6.45, 7) is 6.88. The van der Waals surface area contributed by atoms with Gasteiger partial charge in [0.2, 0.25) is 0 Å². The van der Waals surface area contributed by atoms with Gasteiger partial charge in [-0.05, 0) is 61.6 Å². The maximum Gasteiger partial charge on any atom is 0.251 e. The predicted octanol–water partition coefficient (Wildman–Crippen LogP) is 5.30. The molecule has 0 radical (unpaired) electrons. The van der Waals surface area contributed by atoms with Crippen LogP contribution in [0.15, 0.2) is 42.7 Å². The van der Waals surface area contributed by atoms with Gasteiger partial charge in [0.05, 0.1) is 17.6 Å². The Morgan fingerprint density at radius 1 is 0.941 bits per heavy atom. The predicted molar refractivity (Wildman–Crippen MR) is 133 cm³/mol. The highest BCUT2D eigenvalue weighted by Gasteiger charge is 2.34. The standard InChI is InChI=1S/C26H32F2N6/c1-18-5-9-32(10-6-18)24-15-22(29)3-4-23(24)34-17-21(16-30-34)20-13-19(2)31-25(14-20)33-11-7-26(27,28)8-12-33/h3-4,13-18H,5-12,29H2,1-2H3. The van der Waals surface area contributed by atoms with E-state index < -0.39 is 5.92 Å². The molecule has 0 saturated carbocycles. The Morgan fingerprint density at radius 3 is 2.41 bits per heavy atom. The minimum Gasteiger partial charge on any atom is -0.399 e. The Morgan fingerprint density at radius 2 is 1.68 bits per heavy atom. The molecule has 5 rings (SSSR count). The average molecular weight is 467 g/mol. The molecule has 4 heterocycles. The molecule has 0 aliphatic carbocycles. The molecule has 34 heavy (non-hydrogen) atoms. The Bertz CT molecular complexity index is 1160. The highest BCUT2D eigenvalue weighted by molar-refractivity contribution is 5.71. The zero-order chi connectivity index (χ0) is 23.9. The number of hydrogen-bond acceptors (Lipinski definition) is 5. The summed E-state index contributed by atoms with van der Waals surface area (Å²) in [5, 5.41) is 4.67. The van der Waals surface area contributed by atoms with Crippen LogP contribution in [0.1, 0.15) is 38.3 Å². The number of benzene rings is 1. The number of halogens is 2. The third-order valence-corrected chi connectivity index (χ3v) is 7.05. The number of rotatable bonds is 4. The van der Waals surface area contributed by atoms with E-state index in [4.69, 9.17) is 5.73 Å². The second-order valence-corrected chi connectivity index (χ2v) is 9.79. The molecule has 2 aliphatic rings. The monoisotopic (exact) mass is 466 g/mol. The summed E-state index contributed by atoms with van der Waals surface area (Å²) in [5.41, 5.74) is 11.8. The number of anilines is 3. The van der Waals surface area contributed by atoms with Crippen LogP contribution in [0.5, 0.6) is 0 Å². The molecule has 8 heteroatoms. The Hall–Kier alpha value is -3.16. The zero-order valence-corrected chi connectivity index (χ0v) is 19.8. The van der Waals surface area contributed by atoms with Gasteiger partial charge in [0, 0.05) is 62.2 Å². The molecule has 2 aliphatic heterocycles. The lowest BCUT2D eigenvalue weighted by atomic mass is 9.98. The summed E-state index contributed by atoms with van der Waals surface area (Å²) in [7, 11) is 0. The number of alkyl halides is 2. The molecule has 0 spiro atoms. The number of aromatic nitrogens is 3. The average Bonchev–Trinajstić information content (AvgIpc) is 3.29. The zero-order valence-electron chi connectivity index (χ0n) is 19.8. The molecule has 0 amide bonds. The SMILES string of the molecule is Cc1cc(-c2cnn(-c3ccc(N)cc3N3CCC(C)CC3)c2)cc(N2CCC(F)(F)CC2)n1. The summed E-state index contributed by atoms with van der Waals surface area (Å²) >= 11 is 0. The maximum absolute atomic E-state index is 13.6. The van der Waals surface area contributed by atoms with Gasteiger partial charge in [-0.15, -0.1) is 0 Å². The molecule has 2 fully saturated rings. The lowest BCUT2D eigenvalue weighted by molar-refractivity contribution is -0.0221. The van der Waals surface area contributed by atoms with Crippen molar-refractivity contribution < 1.29 is 8.78 Å². The number of nitrogens with zero attached hydrogens (tertiary/aromatic N) is 5. The topological polar surface area (TPSA) is 63.2 Å². The van der Waals surface area contributed by atoms with Crippen molar-refractivity contribution in [2.45, 2.75) is 45.5 Å². The molecule has 2 N–H and O–H groups in total. The van der Waals surface area contributed by atoms with E-state index in [-0.39, 0.29) is 12.8 Å². The van der Waals surface area contributed by atoms with E-state index >= 15 is 0 Å². The van der Waals surface area contributed by atoms with Crippen LogP contribution in [0.3, 0.4) is 0 Å². The molecule has 6 nitrogen and oxygen atoms in total. The Balaban J connectivity index is 1.43. The number of aryl methyl sites for hydroxylation is 1. The van der Waals surface area contributed by atoms with Gasteiger partial charge in [0.15, 0.2) is 0 Å². The van der Waals surface area contributed by atoms with Gasteiger partial charge in [-0.25, -0.2) is 18.4 Å². The minimum absolute atomic E-state index is 0.134. The van der Waals surface area contributed by atoms with Crippen LogP contribution in [0, 0.1) is 12.8 Å². The third kappa shape index (κ3) is 4.72. The first kappa shape index (κ1) is 22.6. The smallest absolute Gasteiger partial charge is 0.251 e. The van der Waals surface area contributed by atoms with Gasteiger partial charge in [0.25, 0.3) is 5.92 Å². The summed E-state index contributed by atoms with van der Waals surface area (Å²) in [6, 6.07) is 9.96. The molecule has 1 aromatic carbocycles. The van der Waals surface area contributed by atoms with Crippen LogP contribution < -0.4 is 15.5 Å². The Kier molecular flexibility index (Phi) is 5.91. The first-order valence-corrected chi connectivity index (χ1v) is 12.1. The van der Waals surface area contributed by atoms with Crippen molar-refractivity contribution in [3.8, 4) is 16.8 Å². The van der Waals surface area contributed by atoms with Crippen LogP contribution in [0.4, 0.5) is 26.0 Å². The second-order valence-electron chi connectivity index (χ2n) is 9.79. The minimum atomic E-state index is -2.58. The van der Waals surface area contributed by atoms with Gasteiger partial charge in [-0.3, -0.25) is 0 Å². The van der Waals surface area contributed by atoms with E-state index in [0.29, 0.717) is 13.1 Å². The number of nitrogens with two attached hydrogens (primary N) is 1. The van der Waals surface area contributed by atoms with E-state index in [1.54, 1.807) is 0 Å². The fourth-order valence-corrected chi connectivity index (χ4v) is 4.88. The van der Waals surface area contributed by atoms with Crippen molar-refractivity contribution in [3.05, 3.63) is 48.4 Å². The van der Waals surface area contributed by atoms with Crippen molar-refractivity contribution in [3.63, 3.8) is 0 Å². The molecule has 0 unspecified atom stereocenters. The molecule has 2 saturated heterocycles. The highest BCUT2D eigenvalue weighted by Crippen LogP contribution is 2.34. The Labute approximate surface area is 199 Å². The quantitative estimate of drug-likeness (QED) is 0.529. The lowest BCUT2D eigenvalue weighted by Crippen LogP contribution is -2.39. The summed E-state index contributed by atoms with van der Waals surface area (Å²) < 4.78 is 29.1. The third-order valence-electron chi connectivity index (χ3n) is 7.05. The second kappa shape index (κ2) is 8.89. The van der Waals surface area contributed by atoms with Crippen molar-refractivity contribution in [1.29, 1.82) is 0 Å². The highest BCUT2D eigenvalue weighted by atomic mass is 19.3. The van der Waals surface area contributed by atoms with Crippen LogP contribution in [-0.2, 0) is 0 Å². The molecular formula is C26H32F2N6. The number of pyridine rings is 1. The van der Waals surface area contributed by atoms with Gasteiger partial charge < -0.3 is 15.5 Å². The fraction of sp³-hybridized carbons (Fsp3) is 0.462. The maximum atomic E-state index is 13.6. The first-order valence-electron chi connectivity index (χ1n) is 12.1. The van der Waals surface area contributed by atoms with Crippen molar-refractivity contribution >= 4 is 17.2 Å². The van der Waals surface area contributed by atoms with Crippen LogP contribution >= 0.6 is 0 Å². The van der Waals surface area contributed by atoms with E-state index in [9.17, 15) is 8.78 Å². The number of piperidine rings is 2. The van der Waals surface area contributed by atoms with Crippen LogP contribution in [0.25, 0.3) is 16.8 Å². The molecule has 0 bridgehead atoms. The fourth-order valence-electron chi connectivity index (χ4n) is 4.88. The van der Waals surface area contributed by atoms with Gasteiger partial charge in [0.1, 0.15) is 5.82 Å². The molecule has 2 aromatic heterocycles. The van der Waals surface area contributed by atoms with E-state index in [2.05, 4.69) is 21.9 Å². The molecule has 3 aromatic rings. The summed E-state index contributed by atoms with van der Waals surface area (Å²) in [6.07, 6.45) is 5.93. The van der Waals surface area contributed by atoms with E-state index in [1.807, 2.05) is 59.2 Å². The van der Waals surface area contributed by atoms with Crippen molar-refractivity contribution in [2.75, 3.05) is 41.7 Å². The summed E-state index contributed by atoms with van der Waals surface area (Å²) in [4.78, 5) is 8.97. The van der Waals surface area contributed by atoms with Crippen LogP contribution in [0.2, 0.25) is 0 Å². The lowest BCUT2D eigenvalue weighted by Gasteiger charge is -2.33. The van der Waals surface area contributed by atoms with Crippen LogP contribution in [-0.4, -0.2) is 46.9 Å². The van der Waals surface area contributed by atoms with Crippen molar-refractivity contribution in [1.82, 2.24) is 14.8 Å². The summed E-state index contributed by atoms with van der Waals surface area (Å²) in [5.74, 6) is -1.09. The molecular weight excluding hydrogens is 434 g/mol. The largest absolute Gasteiger partial charge is 0.399 e. The molecule has 0 atom stereocenters.